The van der Waals surface area contributed by atoms with Crippen LogP contribution in [-0.2, 0) is 0 Å². The highest BCUT2D eigenvalue weighted by Gasteiger charge is 2.01. The Morgan fingerprint density at radius 3 is 1.00 bits per heavy atom. The van der Waals surface area contributed by atoms with E-state index in [4.69, 9.17) is 0 Å². The van der Waals surface area contributed by atoms with Crippen LogP contribution in [0.1, 0.15) is 143 Å². The molecule has 0 heteroatoms. The highest BCUT2D eigenvalue weighted by molar-refractivity contribution is 4.55. The molecule has 0 bridgehead atoms. The second-order valence-corrected chi connectivity index (χ2v) is 7.99. The number of rotatable bonds is 19. The van der Waals surface area contributed by atoms with Crippen molar-refractivity contribution in [3.8, 4) is 0 Å². The molecular weight excluding hydrogens is 276 g/mol. The molecule has 140 valence electrons. The van der Waals surface area contributed by atoms with E-state index in [1.54, 1.807) is 0 Å². The molecule has 0 nitrogen and oxygen atoms in total. The molecule has 0 fully saturated rings. The van der Waals surface area contributed by atoms with E-state index in [1.807, 2.05) is 0 Å². The summed E-state index contributed by atoms with van der Waals surface area (Å²) >= 11 is 0. The van der Waals surface area contributed by atoms with E-state index in [0.717, 1.165) is 5.92 Å². The first-order chi connectivity index (χ1) is 11.3. The van der Waals surface area contributed by atoms with Gasteiger partial charge >= 0.3 is 0 Å². The minimum absolute atomic E-state index is 0.972. The Hall–Kier alpha value is 0. The molecule has 0 radical (unpaired) electrons. The van der Waals surface area contributed by atoms with Crippen molar-refractivity contribution < 1.29 is 0 Å². The van der Waals surface area contributed by atoms with Crippen LogP contribution in [0.2, 0.25) is 0 Å². The summed E-state index contributed by atoms with van der Waals surface area (Å²) in [6, 6.07) is 0. The van der Waals surface area contributed by atoms with Crippen LogP contribution in [0.3, 0.4) is 0 Å². The van der Waals surface area contributed by atoms with Gasteiger partial charge in [0.1, 0.15) is 0 Å². The zero-order valence-corrected chi connectivity index (χ0v) is 17.0. The van der Waals surface area contributed by atoms with Crippen LogP contribution in [0, 0.1) is 5.92 Å². The molecule has 0 saturated carbocycles. The molecule has 0 aromatic rings. The van der Waals surface area contributed by atoms with Crippen LogP contribution in [0.25, 0.3) is 0 Å². The fourth-order valence-electron chi connectivity index (χ4n) is 3.57. The Labute approximate surface area is 149 Å². The highest BCUT2D eigenvalue weighted by atomic mass is 14.1. The molecule has 0 aliphatic carbocycles. The van der Waals surface area contributed by atoms with Gasteiger partial charge in [-0.15, -0.1) is 0 Å². The zero-order chi connectivity index (χ0) is 17.0. The molecule has 0 saturated heterocycles. The smallest absolute Gasteiger partial charge is 0.0443 e. The Kier molecular flexibility index (Phi) is 20.0. The minimum atomic E-state index is 0.972. The van der Waals surface area contributed by atoms with Gasteiger partial charge in [-0.1, -0.05) is 143 Å². The fraction of sp³-hybridized carbons (Fsp3) is 1.00. The third-order valence-electron chi connectivity index (χ3n) is 5.35. The monoisotopic (exact) mass is 324 g/mol. The van der Waals surface area contributed by atoms with Gasteiger partial charge in [-0.3, -0.25) is 0 Å². The highest BCUT2D eigenvalue weighted by Crippen LogP contribution is 2.18. The molecule has 0 aromatic carbocycles. The van der Waals surface area contributed by atoms with Crippen molar-refractivity contribution in [1.29, 1.82) is 0 Å². The lowest BCUT2D eigenvalue weighted by Gasteiger charge is -2.10. The predicted octanol–water partition coefficient (Wildman–Crippen LogP) is 9.07. The van der Waals surface area contributed by atoms with Gasteiger partial charge in [0.25, 0.3) is 0 Å². The Morgan fingerprint density at radius 2 is 0.652 bits per heavy atom. The maximum atomic E-state index is 2.46. The van der Waals surface area contributed by atoms with Gasteiger partial charge in [0.15, 0.2) is 0 Å². The molecule has 0 heterocycles. The molecule has 0 aliphatic rings. The lowest BCUT2D eigenvalue weighted by molar-refractivity contribution is 0.433. The summed E-state index contributed by atoms with van der Waals surface area (Å²) < 4.78 is 0. The van der Waals surface area contributed by atoms with E-state index >= 15 is 0 Å². The van der Waals surface area contributed by atoms with Gasteiger partial charge in [-0.25, -0.2) is 0 Å². The first-order valence-corrected chi connectivity index (χ1v) is 11.3. The van der Waals surface area contributed by atoms with Crippen molar-refractivity contribution in [3.63, 3.8) is 0 Å². The number of unbranched alkanes of at least 4 members (excludes halogenated alkanes) is 15. The zero-order valence-electron chi connectivity index (χ0n) is 17.0. The summed E-state index contributed by atoms with van der Waals surface area (Å²) in [5, 5.41) is 0. The Bertz CT molecular complexity index is 196. The lowest BCUT2D eigenvalue weighted by Crippen LogP contribution is -1.95. The second kappa shape index (κ2) is 20.0. The van der Waals surface area contributed by atoms with Gasteiger partial charge in [0.05, 0.1) is 0 Å². The summed E-state index contributed by atoms with van der Waals surface area (Å²) in [5.74, 6) is 0.972. The van der Waals surface area contributed by atoms with Crippen LogP contribution in [0.15, 0.2) is 0 Å². The number of hydrogen-bond acceptors (Lipinski definition) is 0. The van der Waals surface area contributed by atoms with E-state index in [2.05, 4.69) is 20.8 Å². The van der Waals surface area contributed by atoms with Crippen molar-refractivity contribution in [2.24, 2.45) is 5.92 Å². The first kappa shape index (κ1) is 23.0. The molecule has 0 amide bonds. The molecule has 0 rings (SSSR count). The molecule has 0 aliphatic heterocycles. The normalized spacial score (nSPS) is 12.7. The average molecular weight is 325 g/mol. The van der Waals surface area contributed by atoms with Crippen LogP contribution < -0.4 is 0 Å². The van der Waals surface area contributed by atoms with Crippen molar-refractivity contribution in [2.75, 3.05) is 0 Å². The summed E-state index contributed by atoms with van der Waals surface area (Å²) in [5.41, 5.74) is 0. The summed E-state index contributed by atoms with van der Waals surface area (Å²) in [6.45, 7) is 7.07. The second-order valence-electron chi connectivity index (χ2n) is 7.99. The van der Waals surface area contributed by atoms with E-state index in [9.17, 15) is 0 Å². The van der Waals surface area contributed by atoms with E-state index < -0.39 is 0 Å². The van der Waals surface area contributed by atoms with Crippen LogP contribution in [-0.4, -0.2) is 0 Å². The van der Waals surface area contributed by atoms with Crippen molar-refractivity contribution >= 4 is 0 Å². The molecule has 1 unspecified atom stereocenters. The Balaban J connectivity index is 3.07. The van der Waals surface area contributed by atoms with Crippen molar-refractivity contribution in [2.45, 2.75) is 143 Å². The molecule has 23 heavy (non-hydrogen) atoms. The van der Waals surface area contributed by atoms with Crippen LogP contribution in [0.4, 0.5) is 0 Å². The fourth-order valence-corrected chi connectivity index (χ4v) is 3.57. The third-order valence-corrected chi connectivity index (χ3v) is 5.35. The summed E-state index contributed by atoms with van der Waals surface area (Å²) in [6.07, 6.45) is 27.8. The predicted molar refractivity (Wildman–Crippen MR) is 108 cm³/mol. The molecule has 1 atom stereocenters. The Morgan fingerprint density at radius 1 is 0.391 bits per heavy atom. The standard InChI is InChI=1S/C23H48/c1-4-6-8-10-11-12-13-14-15-16-17-18-20-22-23(3)21-19-9-7-5-2/h23H,4-22H2,1-3H3. The third kappa shape index (κ3) is 20.0. The average Bonchev–Trinajstić information content (AvgIpc) is 2.56. The molecule has 0 N–H and O–H groups in total. The largest absolute Gasteiger partial charge is 0.0654 e. The van der Waals surface area contributed by atoms with E-state index in [-0.39, 0.29) is 0 Å². The quantitative estimate of drug-likeness (QED) is 0.208. The first-order valence-electron chi connectivity index (χ1n) is 11.3. The van der Waals surface area contributed by atoms with E-state index in [0.29, 0.717) is 0 Å². The van der Waals surface area contributed by atoms with Gasteiger partial charge in [-0.2, -0.15) is 0 Å². The molecule has 0 spiro atoms. The maximum Gasteiger partial charge on any atom is -0.0443 e. The van der Waals surface area contributed by atoms with Crippen molar-refractivity contribution in [1.82, 2.24) is 0 Å². The van der Waals surface area contributed by atoms with Crippen molar-refractivity contribution in [3.05, 3.63) is 0 Å². The van der Waals surface area contributed by atoms with E-state index in [1.165, 1.54) is 122 Å². The minimum Gasteiger partial charge on any atom is -0.0654 e. The van der Waals surface area contributed by atoms with Gasteiger partial charge < -0.3 is 0 Å². The van der Waals surface area contributed by atoms with Gasteiger partial charge in [0, 0.05) is 0 Å². The maximum absolute atomic E-state index is 2.46. The van der Waals surface area contributed by atoms with Gasteiger partial charge in [0.2, 0.25) is 0 Å². The topological polar surface area (TPSA) is 0 Å². The lowest BCUT2D eigenvalue weighted by atomic mass is 9.96. The van der Waals surface area contributed by atoms with Crippen LogP contribution in [0.5, 0.6) is 0 Å². The molecule has 0 aromatic heterocycles. The van der Waals surface area contributed by atoms with Crippen LogP contribution >= 0.6 is 0 Å². The molecular formula is C23H48. The summed E-state index contributed by atoms with van der Waals surface area (Å²) in [7, 11) is 0. The van der Waals surface area contributed by atoms with Gasteiger partial charge in [-0.05, 0) is 5.92 Å². The number of hydrogen-bond donors (Lipinski definition) is 0. The SMILES string of the molecule is CCCCCCCCCCCCCCCC(C)CCCCCC. The summed E-state index contributed by atoms with van der Waals surface area (Å²) in [4.78, 5) is 0.